The first kappa shape index (κ1) is 15.2. The number of amides is 1. The number of alkyl halides is 2. The van der Waals surface area contributed by atoms with Gasteiger partial charge in [-0.15, -0.1) is 0 Å². The molecule has 0 aromatic heterocycles. The number of methoxy groups -OCH3 is 1. The number of nitrogens with one attached hydrogen (secondary N) is 1. The van der Waals surface area contributed by atoms with Gasteiger partial charge in [0, 0.05) is 23.4 Å². The van der Waals surface area contributed by atoms with Gasteiger partial charge in [0.1, 0.15) is 5.75 Å². The maximum absolute atomic E-state index is 13.5. The molecule has 0 bridgehead atoms. The molecule has 1 aliphatic carbocycles. The van der Waals surface area contributed by atoms with Crippen LogP contribution in [0, 0.1) is 5.92 Å². The molecule has 6 heteroatoms. The molecule has 0 radical (unpaired) electrons. The van der Waals surface area contributed by atoms with E-state index in [1.54, 1.807) is 18.2 Å². The van der Waals surface area contributed by atoms with Gasteiger partial charge in [0.25, 0.3) is 11.8 Å². The third-order valence-corrected chi connectivity index (χ3v) is 4.28. The molecule has 0 aliphatic heterocycles. The maximum Gasteiger partial charge on any atom is 0.252 e. The van der Waals surface area contributed by atoms with Gasteiger partial charge in [-0.3, -0.25) is 4.79 Å². The van der Waals surface area contributed by atoms with Gasteiger partial charge in [-0.25, -0.2) is 8.78 Å². The fourth-order valence-corrected chi connectivity index (χ4v) is 2.79. The Kier molecular flexibility index (Phi) is 4.62. The van der Waals surface area contributed by atoms with Crippen LogP contribution in [0.3, 0.4) is 0 Å². The van der Waals surface area contributed by atoms with E-state index in [4.69, 9.17) is 4.74 Å². The predicted molar refractivity (Wildman–Crippen MR) is 75.3 cm³/mol. The van der Waals surface area contributed by atoms with Crippen molar-refractivity contribution in [3.8, 4) is 5.75 Å². The van der Waals surface area contributed by atoms with Gasteiger partial charge in [-0.2, -0.15) is 0 Å². The summed E-state index contributed by atoms with van der Waals surface area (Å²) >= 11 is 3.27. The molecule has 20 heavy (non-hydrogen) atoms. The molecular formula is C14H16BrF2NO2. The van der Waals surface area contributed by atoms with Gasteiger partial charge in [0.15, 0.2) is 0 Å². The summed E-state index contributed by atoms with van der Waals surface area (Å²) in [5.41, 5.74) is 0.380. The zero-order valence-electron chi connectivity index (χ0n) is 11.1. The summed E-state index contributed by atoms with van der Waals surface area (Å²) in [7, 11) is 1.50. The summed E-state index contributed by atoms with van der Waals surface area (Å²) in [6.45, 7) is -0.00448. The number of benzene rings is 1. The van der Waals surface area contributed by atoms with Crippen LogP contribution in [-0.2, 0) is 0 Å². The predicted octanol–water partition coefficient (Wildman–Crippen LogP) is 3.62. The van der Waals surface area contributed by atoms with Gasteiger partial charge < -0.3 is 10.1 Å². The van der Waals surface area contributed by atoms with E-state index in [-0.39, 0.29) is 18.9 Å². The molecule has 2 rings (SSSR count). The topological polar surface area (TPSA) is 38.3 Å². The highest BCUT2D eigenvalue weighted by molar-refractivity contribution is 9.10. The van der Waals surface area contributed by atoms with Crippen molar-refractivity contribution in [1.82, 2.24) is 5.32 Å². The molecule has 110 valence electrons. The van der Waals surface area contributed by atoms with E-state index < -0.39 is 11.8 Å². The monoisotopic (exact) mass is 347 g/mol. The number of hydrogen-bond donors (Lipinski definition) is 1. The number of rotatable bonds is 4. The van der Waals surface area contributed by atoms with Crippen LogP contribution in [0.15, 0.2) is 22.7 Å². The first-order chi connectivity index (χ1) is 9.44. The van der Waals surface area contributed by atoms with Gasteiger partial charge >= 0.3 is 0 Å². The van der Waals surface area contributed by atoms with E-state index in [9.17, 15) is 13.6 Å². The molecular weight excluding hydrogens is 332 g/mol. The molecule has 0 heterocycles. The van der Waals surface area contributed by atoms with E-state index in [2.05, 4.69) is 21.2 Å². The SMILES string of the molecule is COc1ccc(Br)c(C(=O)NCC2CCCC2(F)F)c1. The van der Waals surface area contributed by atoms with Crippen LogP contribution in [-0.4, -0.2) is 25.5 Å². The zero-order chi connectivity index (χ0) is 14.8. The highest BCUT2D eigenvalue weighted by atomic mass is 79.9. The second-order valence-electron chi connectivity index (χ2n) is 4.91. The first-order valence-electron chi connectivity index (χ1n) is 6.43. The molecule has 0 spiro atoms. The molecule has 1 atom stereocenters. The normalized spacial score (nSPS) is 20.7. The third kappa shape index (κ3) is 3.29. The van der Waals surface area contributed by atoms with E-state index in [1.165, 1.54) is 7.11 Å². The van der Waals surface area contributed by atoms with Gasteiger partial charge in [-0.1, -0.05) is 0 Å². The summed E-state index contributed by atoms with van der Waals surface area (Å²) in [6.07, 6.45) is 0.874. The summed E-state index contributed by atoms with van der Waals surface area (Å²) in [5.74, 6) is -3.27. The van der Waals surface area contributed by atoms with Crippen LogP contribution >= 0.6 is 15.9 Å². The molecule has 1 saturated carbocycles. The Morgan fingerprint density at radius 2 is 2.30 bits per heavy atom. The Balaban J connectivity index is 2.02. The van der Waals surface area contributed by atoms with Crippen LogP contribution in [0.1, 0.15) is 29.6 Å². The lowest BCUT2D eigenvalue weighted by Crippen LogP contribution is -2.35. The summed E-state index contributed by atoms with van der Waals surface area (Å²) < 4.78 is 32.6. The Labute approximate surface area is 124 Å². The second-order valence-corrected chi connectivity index (χ2v) is 5.76. The molecule has 1 amide bonds. The number of carbonyl (C=O) groups excluding carboxylic acids is 1. The average molecular weight is 348 g/mol. The number of ether oxygens (including phenoxy) is 1. The van der Waals surface area contributed by atoms with Crippen molar-refractivity contribution in [3.63, 3.8) is 0 Å². The van der Waals surface area contributed by atoms with Crippen LogP contribution < -0.4 is 10.1 Å². The molecule has 1 aromatic carbocycles. The van der Waals surface area contributed by atoms with Crippen LogP contribution in [0.5, 0.6) is 5.75 Å². The van der Waals surface area contributed by atoms with E-state index in [0.717, 1.165) is 0 Å². The fourth-order valence-electron chi connectivity index (χ4n) is 2.37. The molecule has 1 aliphatic rings. The van der Waals surface area contributed by atoms with E-state index in [1.807, 2.05) is 0 Å². The van der Waals surface area contributed by atoms with Crippen LogP contribution in [0.2, 0.25) is 0 Å². The molecule has 0 saturated heterocycles. The highest BCUT2D eigenvalue weighted by Gasteiger charge is 2.43. The fraction of sp³-hybridized carbons (Fsp3) is 0.500. The van der Waals surface area contributed by atoms with Crippen LogP contribution in [0.25, 0.3) is 0 Å². The van der Waals surface area contributed by atoms with Crippen molar-refractivity contribution in [2.45, 2.75) is 25.2 Å². The van der Waals surface area contributed by atoms with Crippen molar-refractivity contribution in [3.05, 3.63) is 28.2 Å². The lowest BCUT2D eigenvalue weighted by Gasteiger charge is -2.19. The van der Waals surface area contributed by atoms with Crippen molar-refractivity contribution in [2.75, 3.05) is 13.7 Å². The molecule has 1 N–H and O–H groups in total. The molecule has 1 fully saturated rings. The molecule has 3 nitrogen and oxygen atoms in total. The van der Waals surface area contributed by atoms with Crippen molar-refractivity contribution in [2.24, 2.45) is 5.92 Å². The number of hydrogen-bond acceptors (Lipinski definition) is 2. The van der Waals surface area contributed by atoms with E-state index >= 15 is 0 Å². The zero-order valence-corrected chi connectivity index (χ0v) is 12.7. The van der Waals surface area contributed by atoms with Gasteiger partial charge in [-0.05, 0) is 47.0 Å². The Morgan fingerprint density at radius 3 is 2.90 bits per heavy atom. The van der Waals surface area contributed by atoms with Gasteiger partial charge in [0.2, 0.25) is 0 Å². The minimum absolute atomic E-state index is 0.00448. The Hall–Kier alpha value is -1.17. The minimum Gasteiger partial charge on any atom is -0.497 e. The van der Waals surface area contributed by atoms with Gasteiger partial charge in [0.05, 0.1) is 12.7 Å². The van der Waals surface area contributed by atoms with Crippen molar-refractivity contribution in [1.29, 1.82) is 0 Å². The summed E-state index contributed by atoms with van der Waals surface area (Å²) in [4.78, 5) is 12.1. The standard InChI is InChI=1S/C14H16BrF2NO2/c1-20-10-4-5-12(15)11(7-10)13(19)18-8-9-3-2-6-14(9,16)17/h4-5,7,9H,2-3,6,8H2,1H3,(H,18,19). The van der Waals surface area contributed by atoms with Crippen LogP contribution in [0.4, 0.5) is 8.78 Å². The number of carbonyl (C=O) groups is 1. The first-order valence-corrected chi connectivity index (χ1v) is 7.23. The van der Waals surface area contributed by atoms with Crippen molar-refractivity contribution >= 4 is 21.8 Å². The smallest absolute Gasteiger partial charge is 0.252 e. The highest BCUT2D eigenvalue weighted by Crippen LogP contribution is 2.39. The quantitative estimate of drug-likeness (QED) is 0.903. The Morgan fingerprint density at radius 1 is 1.55 bits per heavy atom. The summed E-state index contributed by atoms with van der Waals surface area (Å²) in [5, 5.41) is 2.58. The molecule has 1 aromatic rings. The molecule has 1 unspecified atom stereocenters. The number of halogens is 3. The second kappa shape index (κ2) is 6.08. The Bertz CT molecular complexity index is 508. The third-order valence-electron chi connectivity index (χ3n) is 3.59. The maximum atomic E-state index is 13.5. The minimum atomic E-state index is -2.67. The van der Waals surface area contributed by atoms with Crippen molar-refractivity contribution < 1.29 is 18.3 Å². The lowest BCUT2D eigenvalue weighted by atomic mass is 10.1. The van der Waals surface area contributed by atoms with E-state index in [0.29, 0.717) is 28.6 Å². The lowest BCUT2D eigenvalue weighted by molar-refractivity contribution is -0.0352. The summed E-state index contributed by atoms with van der Waals surface area (Å²) in [6, 6.07) is 4.98. The largest absolute Gasteiger partial charge is 0.497 e. The average Bonchev–Trinajstić information content (AvgIpc) is 2.75.